The summed E-state index contributed by atoms with van der Waals surface area (Å²) in [7, 11) is 0. The van der Waals surface area contributed by atoms with Gasteiger partial charge in [-0.15, -0.1) is 0 Å². The van der Waals surface area contributed by atoms with Gasteiger partial charge in [0.05, 0.1) is 4.83 Å². The van der Waals surface area contributed by atoms with Crippen LogP contribution in [0.1, 0.15) is 20.3 Å². The van der Waals surface area contributed by atoms with Crippen LogP contribution in [-0.4, -0.2) is 16.8 Å². The van der Waals surface area contributed by atoms with Gasteiger partial charge in [-0.2, -0.15) is 0 Å². The lowest BCUT2D eigenvalue weighted by Crippen LogP contribution is -2.39. The second-order valence-electron chi connectivity index (χ2n) is 2.95. The van der Waals surface area contributed by atoms with Crippen molar-refractivity contribution in [2.45, 2.75) is 25.1 Å². The van der Waals surface area contributed by atoms with Crippen LogP contribution in [0.4, 0.5) is 4.79 Å². The van der Waals surface area contributed by atoms with E-state index in [1.165, 1.54) is 0 Å². The van der Waals surface area contributed by atoms with Crippen LogP contribution in [0.2, 0.25) is 0 Å². The van der Waals surface area contributed by atoms with E-state index >= 15 is 0 Å². The van der Waals surface area contributed by atoms with E-state index in [-0.39, 0.29) is 10.7 Å². The molecule has 70 valence electrons. The molecule has 0 aliphatic carbocycles. The third kappa shape index (κ3) is 5.12. The van der Waals surface area contributed by atoms with Crippen molar-refractivity contribution in [3.63, 3.8) is 0 Å². The van der Waals surface area contributed by atoms with Crippen LogP contribution in [-0.2, 0) is 4.79 Å². The molecule has 1 unspecified atom stereocenters. The molecule has 0 saturated carbocycles. The van der Waals surface area contributed by atoms with E-state index in [1.807, 2.05) is 19.2 Å². The molecule has 0 aliphatic rings. The normalized spacial score (nSPS) is 12.7. The van der Waals surface area contributed by atoms with Gasteiger partial charge in [0.25, 0.3) is 0 Å². The van der Waals surface area contributed by atoms with Gasteiger partial charge >= 0.3 is 6.03 Å². The maximum absolute atomic E-state index is 11.0. The minimum atomic E-state index is -0.812. The van der Waals surface area contributed by atoms with E-state index < -0.39 is 6.03 Å². The Kier molecular flexibility index (Phi) is 4.89. The molecule has 5 heteroatoms. The number of primary amides is 1. The van der Waals surface area contributed by atoms with Gasteiger partial charge in [-0.25, -0.2) is 4.79 Å². The minimum absolute atomic E-state index is 0.343. The number of urea groups is 1. The second-order valence-corrected chi connectivity index (χ2v) is 4.06. The maximum atomic E-state index is 11.0. The molecule has 0 saturated heterocycles. The lowest BCUT2D eigenvalue weighted by molar-refractivity contribution is -0.119. The zero-order valence-corrected chi connectivity index (χ0v) is 8.72. The Balaban J connectivity index is 3.85. The molecule has 0 aromatic heterocycles. The quantitative estimate of drug-likeness (QED) is 0.718. The fraction of sp³-hybridized carbons (Fsp3) is 0.714. The number of amides is 3. The zero-order chi connectivity index (χ0) is 9.72. The summed E-state index contributed by atoms with van der Waals surface area (Å²) in [4.78, 5) is 21.0. The highest BCUT2D eigenvalue weighted by molar-refractivity contribution is 9.10. The van der Waals surface area contributed by atoms with E-state index in [2.05, 4.69) is 15.9 Å². The van der Waals surface area contributed by atoms with Gasteiger partial charge in [0.1, 0.15) is 0 Å². The van der Waals surface area contributed by atoms with E-state index in [0.717, 1.165) is 0 Å². The molecule has 12 heavy (non-hydrogen) atoms. The van der Waals surface area contributed by atoms with Crippen molar-refractivity contribution in [3.8, 4) is 0 Å². The van der Waals surface area contributed by atoms with Crippen molar-refractivity contribution < 1.29 is 9.59 Å². The van der Waals surface area contributed by atoms with Gasteiger partial charge in [-0.05, 0) is 12.3 Å². The van der Waals surface area contributed by atoms with E-state index in [0.29, 0.717) is 12.3 Å². The Bertz CT molecular complexity index is 182. The van der Waals surface area contributed by atoms with Crippen LogP contribution in [0.25, 0.3) is 0 Å². The molecule has 0 rings (SSSR count). The summed E-state index contributed by atoms with van der Waals surface area (Å²) >= 11 is 3.15. The highest BCUT2D eigenvalue weighted by Crippen LogP contribution is 2.12. The first-order chi connectivity index (χ1) is 5.43. The number of carbonyl (C=O) groups is 2. The Morgan fingerprint density at radius 1 is 1.50 bits per heavy atom. The minimum Gasteiger partial charge on any atom is -0.351 e. The summed E-state index contributed by atoms with van der Waals surface area (Å²) in [5.41, 5.74) is 4.77. The van der Waals surface area contributed by atoms with Crippen molar-refractivity contribution in [1.29, 1.82) is 0 Å². The third-order valence-corrected chi connectivity index (χ3v) is 2.00. The van der Waals surface area contributed by atoms with Crippen LogP contribution >= 0.6 is 15.9 Å². The Labute approximate surface area is 80.0 Å². The van der Waals surface area contributed by atoms with Crippen LogP contribution in [0.5, 0.6) is 0 Å². The number of halogens is 1. The maximum Gasteiger partial charge on any atom is 0.318 e. The molecule has 0 aromatic carbocycles. The molecular formula is C7H13BrN2O2. The van der Waals surface area contributed by atoms with Crippen LogP contribution in [0, 0.1) is 5.92 Å². The van der Waals surface area contributed by atoms with Crippen LogP contribution in [0.3, 0.4) is 0 Å². The van der Waals surface area contributed by atoms with Crippen molar-refractivity contribution in [2.75, 3.05) is 0 Å². The molecule has 3 N–H and O–H groups in total. The standard InChI is InChI=1S/C7H13BrN2O2/c1-4(2)3-5(8)6(11)10-7(9)12/h4-5H,3H2,1-2H3,(H3,9,10,11,12). The fourth-order valence-electron chi connectivity index (χ4n) is 0.721. The third-order valence-electron chi connectivity index (χ3n) is 1.21. The number of hydrogen-bond donors (Lipinski definition) is 2. The number of rotatable bonds is 3. The SMILES string of the molecule is CC(C)CC(Br)C(=O)NC(N)=O. The van der Waals surface area contributed by atoms with Crippen molar-refractivity contribution in [3.05, 3.63) is 0 Å². The molecule has 3 amide bonds. The number of nitrogens with one attached hydrogen (secondary N) is 1. The van der Waals surface area contributed by atoms with E-state index in [4.69, 9.17) is 5.73 Å². The molecule has 1 atom stereocenters. The largest absolute Gasteiger partial charge is 0.351 e. The van der Waals surface area contributed by atoms with E-state index in [9.17, 15) is 9.59 Å². The summed E-state index contributed by atoms with van der Waals surface area (Å²) in [5, 5.41) is 2.00. The Morgan fingerprint density at radius 2 is 2.00 bits per heavy atom. The number of nitrogens with two attached hydrogens (primary N) is 1. The molecule has 0 fully saturated rings. The summed E-state index contributed by atoms with van der Waals surface area (Å²) in [6.45, 7) is 3.98. The lowest BCUT2D eigenvalue weighted by atomic mass is 10.1. The average Bonchev–Trinajstić information content (AvgIpc) is 1.84. The first kappa shape index (κ1) is 11.4. The predicted octanol–water partition coefficient (Wildman–Crippen LogP) is 0.991. The molecule has 0 aliphatic heterocycles. The van der Waals surface area contributed by atoms with Gasteiger partial charge in [-0.3, -0.25) is 10.1 Å². The Morgan fingerprint density at radius 3 is 2.33 bits per heavy atom. The fourth-order valence-corrected chi connectivity index (χ4v) is 1.58. The average molecular weight is 237 g/mol. The Hall–Kier alpha value is -0.580. The van der Waals surface area contributed by atoms with E-state index in [1.54, 1.807) is 0 Å². The number of alkyl halides is 1. The molecule has 0 aromatic rings. The predicted molar refractivity (Wildman–Crippen MR) is 49.9 cm³/mol. The zero-order valence-electron chi connectivity index (χ0n) is 7.13. The highest BCUT2D eigenvalue weighted by atomic mass is 79.9. The van der Waals surface area contributed by atoms with Gasteiger partial charge in [0.15, 0.2) is 0 Å². The summed E-state index contributed by atoms with van der Waals surface area (Å²) in [6, 6.07) is -0.812. The molecular weight excluding hydrogens is 224 g/mol. The summed E-state index contributed by atoms with van der Waals surface area (Å²) < 4.78 is 0. The lowest BCUT2D eigenvalue weighted by Gasteiger charge is -2.10. The van der Waals surface area contributed by atoms with Crippen molar-refractivity contribution in [1.82, 2.24) is 5.32 Å². The van der Waals surface area contributed by atoms with Crippen LogP contribution in [0.15, 0.2) is 0 Å². The smallest absolute Gasteiger partial charge is 0.318 e. The molecule has 0 heterocycles. The molecule has 4 nitrogen and oxygen atoms in total. The topological polar surface area (TPSA) is 72.2 Å². The number of hydrogen-bond acceptors (Lipinski definition) is 2. The van der Waals surface area contributed by atoms with Gasteiger partial charge in [0, 0.05) is 0 Å². The molecule has 0 radical (unpaired) electrons. The first-order valence-electron chi connectivity index (χ1n) is 3.68. The summed E-state index contributed by atoms with van der Waals surface area (Å²) in [6.07, 6.45) is 0.680. The highest BCUT2D eigenvalue weighted by Gasteiger charge is 2.16. The van der Waals surface area contributed by atoms with Gasteiger partial charge in [0.2, 0.25) is 5.91 Å². The van der Waals surface area contributed by atoms with Crippen molar-refractivity contribution >= 4 is 27.9 Å². The number of carbonyl (C=O) groups excluding carboxylic acids is 2. The van der Waals surface area contributed by atoms with Gasteiger partial charge < -0.3 is 5.73 Å². The summed E-state index contributed by atoms with van der Waals surface area (Å²) in [5.74, 6) is 0.0178. The van der Waals surface area contributed by atoms with Crippen LogP contribution < -0.4 is 11.1 Å². The first-order valence-corrected chi connectivity index (χ1v) is 4.59. The monoisotopic (exact) mass is 236 g/mol. The molecule has 0 spiro atoms. The van der Waals surface area contributed by atoms with Crippen molar-refractivity contribution in [2.24, 2.45) is 11.7 Å². The van der Waals surface area contributed by atoms with Gasteiger partial charge in [-0.1, -0.05) is 29.8 Å². The second kappa shape index (κ2) is 5.13. The molecule has 0 bridgehead atoms. The number of imide groups is 1.